The highest BCUT2D eigenvalue weighted by Gasteiger charge is 2.27. The number of benzene rings is 2. The lowest BCUT2D eigenvalue weighted by Crippen LogP contribution is -2.37. The van der Waals surface area contributed by atoms with Gasteiger partial charge in [0.25, 0.3) is 0 Å². The molecule has 1 atom stereocenters. The summed E-state index contributed by atoms with van der Waals surface area (Å²) < 4.78 is 1.06. The number of hydrogen-bond acceptors (Lipinski definition) is 4. The van der Waals surface area contributed by atoms with E-state index in [-0.39, 0.29) is 11.8 Å². The summed E-state index contributed by atoms with van der Waals surface area (Å²) >= 11 is 1.46. The molecule has 110 valence electrons. The van der Waals surface area contributed by atoms with Gasteiger partial charge in [0.2, 0.25) is 11.8 Å². The zero-order valence-electron chi connectivity index (χ0n) is 11.6. The number of carbonyl (C=O) groups excluding carboxylic acids is 2. The topological polar surface area (TPSA) is 71.1 Å². The highest BCUT2D eigenvalue weighted by molar-refractivity contribution is 7.23. The second-order valence-electron chi connectivity index (χ2n) is 5.30. The first-order chi connectivity index (χ1) is 10.7. The second-order valence-corrected chi connectivity index (χ2v) is 6.30. The Morgan fingerprint density at radius 3 is 2.95 bits per heavy atom. The molecule has 0 spiro atoms. The number of hydrogen-bond donors (Lipinski definition) is 2. The lowest BCUT2D eigenvalue weighted by atomic mass is 10.1. The third kappa shape index (κ3) is 2.21. The zero-order valence-corrected chi connectivity index (χ0v) is 12.4. The number of anilines is 1. The number of thiazole rings is 1. The molecule has 3 aromatic rings. The Morgan fingerprint density at radius 1 is 1.27 bits per heavy atom. The van der Waals surface area contributed by atoms with Crippen molar-refractivity contribution in [1.82, 2.24) is 10.3 Å². The Bertz CT molecular complexity index is 903. The number of nitrogens with zero attached hydrogens (tertiary/aromatic N) is 1. The Hall–Kier alpha value is -2.47. The Morgan fingerprint density at radius 2 is 2.14 bits per heavy atom. The second kappa shape index (κ2) is 5.06. The average Bonchev–Trinajstić information content (AvgIpc) is 3.13. The Balaban J connectivity index is 1.66. The van der Waals surface area contributed by atoms with Crippen molar-refractivity contribution in [2.75, 3.05) is 5.32 Å². The van der Waals surface area contributed by atoms with Crippen molar-refractivity contribution in [1.29, 1.82) is 0 Å². The number of aromatic nitrogens is 1. The van der Waals surface area contributed by atoms with Crippen LogP contribution < -0.4 is 10.6 Å². The van der Waals surface area contributed by atoms with Crippen LogP contribution in [0.25, 0.3) is 21.0 Å². The fourth-order valence-corrected chi connectivity index (χ4v) is 3.72. The minimum absolute atomic E-state index is 0.0737. The van der Waals surface area contributed by atoms with Gasteiger partial charge in [-0.3, -0.25) is 9.59 Å². The molecule has 2 amide bonds. The van der Waals surface area contributed by atoms with E-state index in [1.54, 1.807) is 0 Å². The maximum atomic E-state index is 12.1. The summed E-state index contributed by atoms with van der Waals surface area (Å²) in [5, 5.41) is 8.33. The van der Waals surface area contributed by atoms with Crippen molar-refractivity contribution in [2.24, 2.45) is 0 Å². The van der Waals surface area contributed by atoms with E-state index in [1.807, 2.05) is 24.3 Å². The third-order valence-corrected chi connectivity index (χ3v) is 4.84. The summed E-state index contributed by atoms with van der Waals surface area (Å²) in [4.78, 5) is 27.8. The van der Waals surface area contributed by atoms with E-state index in [0.29, 0.717) is 18.0 Å². The zero-order chi connectivity index (χ0) is 15.1. The van der Waals surface area contributed by atoms with Gasteiger partial charge in [-0.15, -0.1) is 0 Å². The number of nitrogens with one attached hydrogen (secondary N) is 2. The van der Waals surface area contributed by atoms with Gasteiger partial charge in [0.05, 0.1) is 10.2 Å². The van der Waals surface area contributed by atoms with Crippen molar-refractivity contribution in [3.63, 3.8) is 0 Å². The van der Waals surface area contributed by atoms with Gasteiger partial charge in [-0.25, -0.2) is 4.98 Å². The molecule has 2 aromatic carbocycles. The number of rotatable bonds is 2. The van der Waals surface area contributed by atoms with Crippen molar-refractivity contribution in [3.05, 3.63) is 36.4 Å². The predicted molar refractivity (Wildman–Crippen MR) is 86.9 cm³/mol. The smallest absolute Gasteiger partial charge is 0.248 e. The molecule has 6 heteroatoms. The fraction of sp³-hybridized carbons (Fsp3) is 0.188. The first-order valence-corrected chi connectivity index (χ1v) is 7.91. The largest absolute Gasteiger partial charge is 0.344 e. The van der Waals surface area contributed by atoms with E-state index in [0.717, 1.165) is 21.0 Å². The predicted octanol–water partition coefficient (Wildman–Crippen LogP) is 2.67. The monoisotopic (exact) mass is 311 g/mol. The first-order valence-electron chi connectivity index (χ1n) is 7.09. The number of carbonyl (C=O) groups is 2. The van der Waals surface area contributed by atoms with Crippen LogP contribution in [0.2, 0.25) is 0 Å². The molecule has 2 heterocycles. The van der Waals surface area contributed by atoms with E-state index < -0.39 is 6.04 Å². The van der Waals surface area contributed by atoms with E-state index in [1.165, 1.54) is 11.3 Å². The molecule has 1 aromatic heterocycles. The van der Waals surface area contributed by atoms with Crippen LogP contribution in [0, 0.1) is 0 Å². The number of fused-ring (bicyclic) bond motifs is 3. The van der Waals surface area contributed by atoms with Crippen molar-refractivity contribution in [2.45, 2.75) is 18.9 Å². The summed E-state index contributed by atoms with van der Waals surface area (Å²) in [6.45, 7) is 0. The molecule has 2 N–H and O–H groups in total. The van der Waals surface area contributed by atoms with Gasteiger partial charge in [0.15, 0.2) is 5.13 Å². The lowest BCUT2D eigenvalue weighted by Gasteiger charge is -2.08. The summed E-state index contributed by atoms with van der Waals surface area (Å²) in [6.07, 6.45) is 0.945. The van der Waals surface area contributed by atoms with E-state index in [4.69, 9.17) is 0 Å². The minimum Gasteiger partial charge on any atom is -0.344 e. The van der Waals surface area contributed by atoms with Crippen LogP contribution in [-0.2, 0) is 9.59 Å². The van der Waals surface area contributed by atoms with Crippen LogP contribution in [0.5, 0.6) is 0 Å². The van der Waals surface area contributed by atoms with Crippen molar-refractivity contribution in [3.8, 4) is 0 Å². The van der Waals surface area contributed by atoms with Gasteiger partial charge in [-0.2, -0.15) is 0 Å². The molecule has 1 aliphatic rings. The van der Waals surface area contributed by atoms with E-state index in [2.05, 4.69) is 27.8 Å². The molecule has 4 rings (SSSR count). The normalized spacial score (nSPS) is 17.8. The maximum Gasteiger partial charge on any atom is 0.248 e. The molecule has 0 radical (unpaired) electrons. The average molecular weight is 311 g/mol. The van der Waals surface area contributed by atoms with Crippen molar-refractivity contribution < 1.29 is 9.59 Å². The summed E-state index contributed by atoms with van der Waals surface area (Å²) in [7, 11) is 0. The molecule has 1 unspecified atom stereocenters. The summed E-state index contributed by atoms with van der Waals surface area (Å²) in [5.74, 6) is -0.273. The molecule has 0 aliphatic carbocycles. The van der Waals surface area contributed by atoms with Crippen LogP contribution in [0.15, 0.2) is 36.4 Å². The van der Waals surface area contributed by atoms with E-state index in [9.17, 15) is 9.59 Å². The lowest BCUT2D eigenvalue weighted by molar-refractivity contribution is -0.122. The molecular formula is C16H13N3O2S. The maximum absolute atomic E-state index is 12.1. The Kier molecular flexibility index (Phi) is 3.04. The van der Waals surface area contributed by atoms with Crippen molar-refractivity contribution >= 4 is 49.3 Å². The van der Waals surface area contributed by atoms with Crippen LogP contribution in [0.4, 0.5) is 5.13 Å². The molecule has 1 fully saturated rings. The van der Waals surface area contributed by atoms with Gasteiger partial charge in [-0.05, 0) is 17.9 Å². The molecule has 22 heavy (non-hydrogen) atoms. The highest BCUT2D eigenvalue weighted by atomic mass is 32.1. The standard InChI is InChI=1S/C16H13N3O2S/c20-13-8-7-12(17-13)15(21)19-16-18-11-6-5-9-3-1-2-4-10(9)14(11)22-16/h1-6,12H,7-8H2,(H,17,20)(H,18,19,21). The van der Waals surface area contributed by atoms with Gasteiger partial charge >= 0.3 is 0 Å². The van der Waals surface area contributed by atoms with E-state index >= 15 is 0 Å². The number of amides is 2. The summed E-state index contributed by atoms with van der Waals surface area (Å²) in [6, 6.07) is 11.6. The molecule has 0 saturated carbocycles. The van der Waals surface area contributed by atoms with Gasteiger partial charge < -0.3 is 10.6 Å². The SMILES string of the molecule is O=C1CCC(C(=O)Nc2nc3ccc4ccccc4c3s2)N1. The molecule has 5 nitrogen and oxygen atoms in total. The van der Waals surface area contributed by atoms with Crippen LogP contribution in [-0.4, -0.2) is 22.8 Å². The molecule has 1 saturated heterocycles. The first kappa shape index (κ1) is 13.2. The highest BCUT2D eigenvalue weighted by Crippen LogP contribution is 2.32. The van der Waals surface area contributed by atoms with Crippen LogP contribution >= 0.6 is 11.3 Å². The molecule has 1 aliphatic heterocycles. The van der Waals surface area contributed by atoms with Crippen LogP contribution in [0.3, 0.4) is 0 Å². The molecule has 0 bridgehead atoms. The van der Waals surface area contributed by atoms with Crippen LogP contribution in [0.1, 0.15) is 12.8 Å². The summed E-state index contributed by atoms with van der Waals surface area (Å²) in [5.41, 5.74) is 0.870. The molecular weight excluding hydrogens is 298 g/mol. The Labute approximate surface area is 130 Å². The van der Waals surface area contributed by atoms with Gasteiger partial charge in [-0.1, -0.05) is 41.7 Å². The van der Waals surface area contributed by atoms with Gasteiger partial charge in [0, 0.05) is 11.8 Å². The third-order valence-electron chi connectivity index (χ3n) is 3.82. The fourth-order valence-electron chi connectivity index (χ4n) is 2.71. The van der Waals surface area contributed by atoms with Gasteiger partial charge in [0.1, 0.15) is 6.04 Å². The minimum atomic E-state index is -0.448. The quantitative estimate of drug-likeness (QED) is 0.764.